The number of carbonyl (C=O) groups excluding carboxylic acids is 1. The van der Waals surface area contributed by atoms with Crippen LogP contribution in [0, 0.1) is 0 Å². The van der Waals surface area contributed by atoms with Gasteiger partial charge in [0.25, 0.3) is 0 Å². The molecule has 1 saturated heterocycles. The lowest BCUT2D eigenvalue weighted by Gasteiger charge is -2.28. The smallest absolute Gasteiger partial charge is 0.307 e. The number of hydrogen-bond acceptors (Lipinski definition) is 5. The molecule has 4 heterocycles. The van der Waals surface area contributed by atoms with E-state index in [1.165, 1.54) is 7.11 Å². The molecule has 1 aliphatic heterocycles. The van der Waals surface area contributed by atoms with Gasteiger partial charge in [0.1, 0.15) is 0 Å². The fraction of sp³-hybridized carbons (Fsp3) is 0.238. The molecule has 0 aromatic carbocycles. The minimum Gasteiger partial charge on any atom is -0.469 e. The van der Waals surface area contributed by atoms with E-state index in [1.807, 2.05) is 53.7 Å². The van der Waals surface area contributed by atoms with Gasteiger partial charge in [-0.25, -0.2) is 0 Å². The summed E-state index contributed by atoms with van der Waals surface area (Å²) in [5.41, 5.74) is 2.88. The molecule has 8 heteroatoms. The van der Waals surface area contributed by atoms with Gasteiger partial charge in [-0.3, -0.25) is 14.8 Å². The van der Waals surface area contributed by atoms with Gasteiger partial charge in [-0.05, 0) is 48.6 Å². The van der Waals surface area contributed by atoms with Gasteiger partial charge in [0, 0.05) is 30.8 Å². The summed E-state index contributed by atoms with van der Waals surface area (Å²) in [7, 11) is 1.39. The maximum Gasteiger partial charge on any atom is 0.307 e. The maximum absolute atomic E-state index is 11.8. The number of carbonyl (C=O) groups is 1. The molecule has 0 radical (unpaired) electrons. The number of ether oxygens (including phenoxy) is 1. The third kappa shape index (κ3) is 3.84. The van der Waals surface area contributed by atoms with Crippen molar-refractivity contribution < 1.29 is 9.53 Å². The Labute approximate surface area is 174 Å². The lowest BCUT2D eigenvalue weighted by atomic mass is 10.0. The summed E-state index contributed by atoms with van der Waals surface area (Å²) < 4.78 is 6.91. The molecule has 0 aliphatic carbocycles. The summed E-state index contributed by atoms with van der Waals surface area (Å²) in [6.45, 7) is 0.449. The van der Waals surface area contributed by atoms with E-state index >= 15 is 0 Å². The fourth-order valence-corrected chi connectivity index (χ4v) is 3.98. The van der Waals surface area contributed by atoms with Crippen molar-refractivity contribution in [3.63, 3.8) is 0 Å². The van der Waals surface area contributed by atoms with E-state index in [-0.39, 0.29) is 24.5 Å². The third-order valence-electron chi connectivity index (χ3n) is 4.99. The predicted octanol–water partition coefficient (Wildman–Crippen LogP) is 2.80. The van der Waals surface area contributed by atoms with Crippen LogP contribution in [0.2, 0.25) is 0 Å². The molecular weight excluding hydrogens is 386 g/mol. The van der Waals surface area contributed by atoms with Crippen LogP contribution < -0.4 is 5.32 Å². The standard InChI is InChI=1S/C21H21N5O2S/c1-28-18(27)9-13-26-20(19(24-21(26)29)16-7-2-3-11-23-16)17-8-5-12-25(17)15-6-4-10-22-14-15/h2-8,10-12,14,19-20H,9,13H2,1H3,(H,24,29)/t19-,20-/m0/s1. The Hall–Kier alpha value is -3.26. The number of esters is 1. The zero-order chi connectivity index (χ0) is 20.2. The highest BCUT2D eigenvalue weighted by molar-refractivity contribution is 7.80. The van der Waals surface area contributed by atoms with Gasteiger partial charge in [0.2, 0.25) is 0 Å². The first-order valence-electron chi connectivity index (χ1n) is 9.31. The van der Waals surface area contributed by atoms with Crippen molar-refractivity contribution in [2.45, 2.75) is 18.5 Å². The summed E-state index contributed by atoms with van der Waals surface area (Å²) in [5.74, 6) is -0.268. The van der Waals surface area contributed by atoms with Crippen LogP contribution in [0.25, 0.3) is 5.69 Å². The van der Waals surface area contributed by atoms with Gasteiger partial charge >= 0.3 is 5.97 Å². The van der Waals surface area contributed by atoms with Gasteiger partial charge in [-0.15, -0.1) is 0 Å². The van der Waals surface area contributed by atoms with Crippen LogP contribution in [0.3, 0.4) is 0 Å². The second kappa shape index (κ2) is 8.40. The normalized spacial score (nSPS) is 18.5. The van der Waals surface area contributed by atoms with Crippen molar-refractivity contribution in [3.8, 4) is 5.69 Å². The number of methoxy groups -OCH3 is 1. The molecule has 2 atom stereocenters. The molecule has 29 heavy (non-hydrogen) atoms. The first kappa shape index (κ1) is 19.1. The number of nitrogens with zero attached hydrogens (tertiary/aromatic N) is 4. The molecule has 1 aliphatic rings. The molecule has 7 nitrogen and oxygen atoms in total. The number of aromatic nitrogens is 3. The van der Waals surface area contributed by atoms with Crippen molar-refractivity contribution in [1.29, 1.82) is 0 Å². The summed E-state index contributed by atoms with van der Waals surface area (Å²) in [5, 5.41) is 3.98. The van der Waals surface area contributed by atoms with Crippen LogP contribution in [0.15, 0.2) is 67.3 Å². The van der Waals surface area contributed by atoms with Crippen LogP contribution >= 0.6 is 12.2 Å². The van der Waals surface area contributed by atoms with E-state index in [4.69, 9.17) is 17.0 Å². The van der Waals surface area contributed by atoms with Crippen LogP contribution in [0.5, 0.6) is 0 Å². The van der Waals surface area contributed by atoms with E-state index in [2.05, 4.69) is 25.9 Å². The number of pyridine rings is 2. The minimum absolute atomic E-state index is 0.141. The van der Waals surface area contributed by atoms with Crippen molar-refractivity contribution in [3.05, 3.63) is 78.6 Å². The monoisotopic (exact) mass is 407 g/mol. The molecule has 3 aromatic rings. The lowest BCUT2D eigenvalue weighted by Crippen LogP contribution is -2.32. The number of hydrogen-bond donors (Lipinski definition) is 1. The largest absolute Gasteiger partial charge is 0.469 e. The highest BCUT2D eigenvalue weighted by atomic mass is 32.1. The zero-order valence-electron chi connectivity index (χ0n) is 15.9. The Morgan fingerprint density at radius 2 is 2.10 bits per heavy atom. The van der Waals surface area contributed by atoms with E-state index in [9.17, 15) is 4.79 Å². The number of nitrogens with one attached hydrogen (secondary N) is 1. The van der Waals surface area contributed by atoms with Crippen molar-refractivity contribution >= 4 is 23.3 Å². The molecule has 1 fully saturated rings. The SMILES string of the molecule is COC(=O)CCN1C(=S)N[C@@H](c2ccccn2)[C@@H]1c1cccn1-c1cccnc1. The highest BCUT2D eigenvalue weighted by Crippen LogP contribution is 2.39. The molecule has 0 spiro atoms. The zero-order valence-corrected chi connectivity index (χ0v) is 16.7. The molecule has 4 rings (SSSR count). The van der Waals surface area contributed by atoms with Crippen LogP contribution in [0.4, 0.5) is 0 Å². The molecular formula is C21H21N5O2S. The van der Waals surface area contributed by atoms with Crippen LogP contribution in [0.1, 0.15) is 29.9 Å². The molecule has 1 N–H and O–H groups in total. The Kier molecular flexibility index (Phi) is 5.53. The first-order valence-corrected chi connectivity index (χ1v) is 9.72. The maximum atomic E-state index is 11.8. The summed E-state index contributed by atoms with van der Waals surface area (Å²) in [4.78, 5) is 22.6. The third-order valence-corrected chi connectivity index (χ3v) is 5.34. The summed E-state index contributed by atoms with van der Waals surface area (Å²) in [6.07, 6.45) is 7.59. The Morgan fingerprint density at radius 3 is 2.83 bits per heavy atom. The quantitative estimate of drug-likeness (QED) is 0.498. The first-order chi connectivity index (χ1) is 14.2. The summed E-state index contributed by atoms with van der Waals surface area (Å²) in [6, 6.07) is 13.5. The second-order valence-corrected chi connectivity index (χ2v) is 7.05. The van der Waals surface area contributed by atoms with Gasteiger partial charge in [0.05, 0.1) is 43.2 Å². The fourth-order valence-electron chi connectivity index (χ4n) is 3.65. The number of rotatable bonds is 6. The van der Waals surface area contributed by atoms with Gasteiger partial charge in [0.15, 0.2) is 5.11 Å². The van der Waals surface area contributed by atoms with Crippen LogP contribution in [-0.2, 0) is 9.53 Å². The van der Waals surface area contributed by atoms with E-state index in [1.54, 1.807) is 12.4 Å². The second-order valence-electron chi connectivity index (χ2n) is 6.66. The van der Waals surface area contributed by atoms with Crippen LogP contribution in [-0.4, -0.2) is 44.2 Å². The molecule has 0 bridgehead atoms. The average Bonchev–Trinajstić information content (AvgIpc) is 3.37. The Balaban J connectivity index is 1.75. The predicted molar refractivity (Wildman–Crippen MR) is 112 cm³/mol. The van der Waals surface area contributed by atoms with Crippen molar-refractivity contribution in [2.75, 3.05) is 13.7 Å². The molecule has 0 saturated carbocycles. The Morgan fingerprint density at radius 1 is 1.21 bits per heavy atom. The van der Waals surface area contributed by atoms with Gasteiger partial charge < -0.3 is 19.5 Å². The Bertz CT molecular complexity index is 993. The average molecular weight is 407 g/mol. The number of thiocarbonyl (C=S) groups is 1. The molecule has 0 amide bonds. The van der Waals surface area contributed by atoms with E-state index in [0.29, 0.717) is 11.7 Å². The summed E-state index contributed by atoms with van der Waals surface area (Å²) >= 11 is 5.63. The lowest BCUT2D eigenvalue weighted by molar-refractivity contribution is -0.140. The molecule has 0 unspecified atom stereocenters. The molecule has 3 aromatic heterocycles. The van der Waals surface area contributed by atoms with Gasteiger partial charge in [-0.1, -0.05) is 6.07 Å². The highest BCUT2D eigenvalue weighted by Gasteiger charge is 2.41. The van der Waals surface area contributed by atoms with E-state index in [0.717, 1.165) is 17.1 Å². The van der Waals surface area contributed by atoms with Crippen molar-refractivity contribution in [2.24, 2.45) is 0 Å². The van der Waals surface area contributed by atoms with Gasteiger partial charge in [-0.2, -0.15) is 0 Å². The van der Waals surface area contributed by atoms with E-state index < -0.39 is 0 Å². The van der Waals surface area contributed by atoms with Crippen molar-refractivity contribution in [1.82, 2.24) is 24.8 Å². The topological polar surface area (TPSA) is 72.3 Å². The minimum atomic E-state index is -0.268. The molecule has 148 valence electrons.